The van der Waals surface area contributed by atoms with E-state index in [0.29, 0.717) is 57.3 Å². The molecule has 5 aromatic rings. The number of benzene rings is 3. The second-order valence-electron chi connectivity index (χ2n) is 19.3. The van der Waals surface area contributed by atoms with Gasteiger partial charge >= 0.3 is 5.97 Å². The molecule has 6 aliphatic rings. The highest BCUT2D eigenvalue weighted by Crippen LogP contribution is 2.57. The number of aromatic hydroxyl groups is 1. The largest absolute Gasteiger partial charge is 0.502 e. The predicted molar refractivity (Wildman–Crippen MR) is 262 cm³/mol. The Bertz CT molecular complexity index is 2880. The fraction of sp³-hybridized carbons (Fsp3) is 0.510. The summed E-state index contributed by atoms with van der Waals surface area (Å²) in [6.07, 6.45) is -6.55. The molecule has 4 saturated heterocycles. The third kappa shape index (κ3) is 9.75. The van der Waals surface area contributed by atoms with Gasteiger partial charge in [-0.2, -0.15) is 0 Å². The van der Waals surface area contributed by atoms with Gasteiger partial charge in [0.05, 0.1) is 71.6 Å². The van der Waals surface area contributed by atoms with Crippen LogP contribution >= 0.6 is 0 Å². The Morgan fingerprint density at radius 1 is 0.895 bits per heavy atom. The van der Waals surface area contributed by atoms with Crippen LogP contribution < -0.4 is 39.6 Å². The lowest BCUT2D eigenvalue weighted by atomic mass is 9.66. The minimum atomic E-state index is -1.44. The van der Waals surface area contributed by atoms with Crippen molar-refractivity contribution >= 4 is 28.9 Å². The average molecular weight is 1060 g/mol. The van der Waals surface area contributed by atoms with E-state index in [9.17, 15) is 35.1 Å². The Morgan fingerprint density at radius 3 is 2.28 bits per heavy atom. The quantitative estimate of drug-likeness (QED) is 0.0792. The first-order chi connectivity index (χ1) is 36.6. The monoisotopic (exact) mass is 1060 g/mol. The molecule has 0 spiro atoms. The topological polar surface area (TPSA) is 322 Å². The number of phenols is 1. The summed E-state index contributed by atoms with van der Waals surface area (Å²) < 4.78 is 64.1. The molecule has 3 aromatic carbocycles. The number of hydrogen-bond acceptors (Lipinski definition) is 23. The number of aliphatic hydroxyl groups excluding tert-OH is 4. The predicted octanol–water partition coefficient (Wildman–Crippen LogP) is 0.545. The van der Waals surface area contributed by atoms with E-state index in [0.717, 1.165) is 5.56 Å². The SMILES string of the molecule is COc1cc([C@@H]2c3cc4c(cc3C(O[C@@H]3O[C@@H]5CO[C@@H](C)O[C@H]5[C@H](O)[C@H]3O)C3COC(=O)[C@@H]32)OCO4)cc(OC)c1O.COc1ccc(C[C@H](N)C(=O)N[C@H]2[C@@H](O)[C@H](n3cnc4c(N(C)C)ncnc43)O[C@@H]2CO)cc1. The summed E-state index contributed by atoms with van der Waals surface area (Å²) in [4.78, 5) is 40.9. The highest BCUT2D eigenvalue weighted by molar-refractivity contribution is 5.84. The summed E-state index contributed by atoms with van der Waals surface area (Å²) in [5.41, 5.74) is 9.99. The molecule has 5 aliphatic heterocycles. The van der Waals surface area contributed by atoms with Crippen LogP contribution in [0.4, 0.5) is 5.82 Å². The second-order valence-corrected chi connectivity index (χ2v) is 19.3. The summed E-state index contributed by atoms with van der Waals surface area (Å²) in [5.74, 6) is -0.164. The Morgan fingerprint density at radius 2 is 1.61 bits per heavy atom. The molecule has 0 saturated carbocycles. The molecule has 11 rings (SSSR count). The van der Waals surface area contributed by atoms with Gasteiger partial charge in [0.25, 0.3) is 0 Å². The average Bonchev–Trinajstić information content (AvgIpc) is 4.25. The number of anilines is 1. The summed E-state index contributed by atoms with van der Waals surface area (Å²) in [7, 11) is 8.11. The van der Waals surface area contributed by atoms with Crippen LogP contribution in [0.2, 0.25) is 0 Å². The molecule has 8 N–H and O–H groups in total. The van der Waals surface area contributed by atoms with E-state index in [-0.39, 0.29) is 37.3 Å². The van der Waals surface area contributed by atoms with Crippen LogP contribution in [0.1, 0.15) is 47.4 Å². The van der Waals surface area contributed by atoms with Crippen molar-refractivity contribution in [2.45, 2.75) is 92.9 Å². The number of esters is 1. The lowest BCUT2D eigenvalue weighted by Crippen LogP contribution is -2.63. The number of cyclic esters (lactones) is 1. The van der Waals surface area contributed by atoms with E-state index >= 15 is 0 Å². The first-order valence-corrected chi connectivity index (χ1v) is 24.6. The van der Waals surface area contributed by atoms with Gasteiger partial charge in [0.15, 0.2) is 58.8 Å². The highest BCUT2D eigenvalue weighted by atomic mass is 16.8. The lowest BCUT2D eigenvalue weighted by Gasteiger charge is -2.47. The third-order valence-electron chi connectivity index (χ3n) is 14.6. The number of imidazole rings is 1. The molecule has 0 radical (unpaired) electrons. The van der Waals surface area contributed by atoms with Gasteiger partial charge in [-0.15, -0.1) is 0 Å². The van der Waals surface area contributed by atoms with Crippen LogP contribution in [0.5, 0.6) is 34.5 Å². The standard InChI is InChI=1S/C29H32O13.C22H29N7O5/c1-11-36-9-20-27(40-11)24(31)25(32)29(41-20)42-26-14-7-17-16(38-10-39-17)6-13(14)21(22-15(26)8-37-28(22)33)12-4-18(34-2)23(30)19(5-12)35-3;1-28(2)19-17-20(25-10-24-19)29(11-26-17)22-18(31)16(15(9-30)34-22)27-21(32)14(23)8-12-4-6-13(33-3)7-5-12/h4-7,11,15,20-22,24-27,29-32H,8-10H2,1-3H3;4-7,10-11,14-16,18,22,30-31H,8-9,23H2,1-3H3,(H,27,32)/t11-,15?,20-,21-,22+,24-,25-,26?,27-,29+;14-,15+,16+,18+,22+/m10/s1. The summed E-state index contributed by atoms with van der Waals surface area (Å²) in [6.45, 7) is 1.52. The van der Waals surface area contributed by atoms with Gasteiger partial charge in [-0.05, 0) is 72.0 Å². The molecule has 2 aromatic heterocycles. The minimum Gasteiger partial charge on any atom is -0.502 e. The molecule has 2 unspecified atom stereocenters. The molecule has 408 valence electrons. The van der Waals surface area contributed by atoms with Crippen molar-refractivity contribution in [2.24, 2.45) is 17.6 Å². The fourth-order valence-corrected chi connectivity index (χ4v) is 10.8. The van der Waals surface area contributed by atoms with Crippen LogP contribution in [0.25, 0.3) is 11.2 Å². The first-order valence-electron chi connectivity index (χ1n) is 24.6. The van der Waals surface area contributed by atoms with E-state index in [2.05, 4.69) is 20.3 Å². The summed E-state index contributed by atoms with van der Waals surface area (Å²) >= 11 is 0. The first kappa shape index (κ1) is 52.8. The number of methoxy groups -OCH3 is 3. The molecule has 25 heteroatoms. The van der Waals surface area contributed by atoms with Crippen molar-refractivity contribution in [1.29, 1.82) is 0 Å². The van der Waals surface area contributed by atoms with Gasteiger partial charge in [-0.3, -0.25) is 14.2 Å². The summed E-state index contributed by atoms with van der Waals surface area (Å²) in [5, 5.41) is 56.1. The normalized spacial score (nSPS) is 30.5. The summed E-state index contributed by atoms with van der Waals surface area (Å²) in [6, 6.07) is 12.4. The Kier molecular flexibility index (Phi) is 15.1. The zero-order valence-corrected chi connectivity index (χ0v) is 42.3. The molecule has 1 amide bonds. The smallest absolute Gasteiger partial charge is 0.310 e. The number of aromatic nitrogens is 4. The maximum atomic E-state index is 13.4. The minimum absolute atomic E-state index is 0.0301. The van der Waals surface area contributed by atoms with Crippen molar-refractivity contribution in [1.82, 2.24) is 24.8 Å². The number of hydrogen-bond donors (Lipinski definition) is 7. The Labute approximate surface area is 435 Å². The molecule has 4 fully saturated rings. The van der Waals surface area contributed by atoms with Crippen molar-refractivity contribution in [3.63, 3.8) is 0 Å². The van der Waals surface area contributed by atoms with E-state index in [1.54, 1.807) is 59.9 Å². The molecular formula is C51H61N7O18. The molecule has 25 nitrogen and oxygen atoms in total. The zero-order valence-electron chi connectivity index (χ0n) is 42.3. The van der Waals surface area contributed by atoms with Gasteiger partial charge in [0.2, 0.25) is 18.4 Å². The molecule has 7 heterocycles. The van der Waals surface area contributed by atoms with Gasteiger partial charge in [0.1, 0.15) is 48.7 Å². The number of nitrogens with one attached hydrogen (secondary N) is 1. The fourth-order valence-electron chi connectivity index (χ4n) is 10.8. The van der Waals surface area contributed by atoms with Crippen LogP contribution in [-0.4, -0.2) is 180 Å². The number of aliphatic hydroxyl groups is 4. The molecule has 0 bridgehead atoms. The molecule has 76 heavy (non-hydrogen) atoms. The van der Waals surface area contributed by atoms with Gasteiger partial charge in [-0.25, -0.2) is 15.0 Å². The van der Waals surface area contributed by atoms with Crippen LogP contribution in [0, 0.1) is 11.8 Å². The number of phenolic OH excluding ortho intramolecular Hbond substituents is 1. The Balaban J connectivity index is 0.000000177. The van der Waals surface area contributed by atoms with Gasteiger partial charge in [0, 0.05) is 25.9 Å². The number of nitrogens with zero attached hydrogens (tertiary/aromatic N) is 5. The van der Waals surface area contributed by atoms with Crippen molar-refractivity contribution in [3.05, 3.63) is 83.4 Å². The van der Waals surface area contributed by atoms with E-state index in [4.69, 9.17) is 57.8 Å². The van der Waals surface area contributed by atoms with Gasteiger partial charge < -0.3 is 93.6 Å². The number of amides is 1. The zero-order chi connectivity index (χ0) is 53.7. The van der Waals surface area contributed by atoms with Crippen molar-refractivity contribution in [2.75, 3.05) is 66.9 Å². The lowest BCUT2D eigenvalue weighted by molar-refractivity contribution is -0.364. The number of fused-ring (bicyclic) bond motifs is 5. The van der Waals surface area contributed by atoms with Crippen LogP contribution in [0.3, 0.4) is 0 Å². The molecule has 15 atom stereocenters. The van der Waals surface area contributed by atoms with E-state index in [1.165, 1.54) is 26.9 Å². The molecular weight excluding hydrogens is 999 g/mol. The number of ether oxygens (including phenoxy) is 11. The van der Waals surface area contributed by atoms with Crippen molar-refractivity contribution < 1.29 is 87.2 Å². The van der Waals surface area contributed by atoms with E-state index < -0.39 is 110 Å². The highest BCUT2D eigenvalue weighted by Gasteiger charge is 2.56. The third-order valence-corrected chi connectivity index (χ3v) is 14.6. The maximum absolute atomic E-state index is 13.4. The van der Waals surface area contributed by atoms with Crippen molar-refractivity contribution in [3.8, 4) is 34.5 Å². The number of carbonyl (C=O) groups excluding carboxylic acids is 2. The number of carbonyl (C=O) groups is 2. The van der Waals surface area contributed by atoms with Gasteiger partial charge in [-0.1, -0.05) is 12.1 Å². The maximum Gasteiger partial charge on any atom is 0.310 e. The van der Waals surface area contributed by atoms with Crippen LogP contribution in [-0.2, 0) is 44.4 Å². The second kappa shape index (κ2) is 21.8. The number of nitrogens with two attached hydrogens (primary N) is 1. The Hall–Kier alpha value is -6.65. The number of rotatable bonds is 13. The molecule has 1 aliphatic carbocycles. The van der Waals surface area contributed by atoms with Crippen LogP contribution in [0.15, 0.2) is 61.2 Å². The van der Waals surface area contributed by atoms with E-state index in [1.807, 2.05) is 26.2 Å².